The van der Waals surface area contributed by atoms with Crippen LogP contribution in [0, 0.1) is 0 Å². The highest BCUT2D eigenvalue weighted by atomic mass is 19.4. The van der Waals surface area contributed by atoms with Crippen LogP contribution < -0.4 is 0 Å². The lowest BCUT2D eigenvalue weighted by Crippen LogP contribution is -2.32. The lowest BCUT2D eigenvalue weighted by atomic mass is 10.0. The second-order valence-corrected chi connectivity index (χ2v) is 5.37. The minimum Gasteiger partial charge on any atom is -0.391 e. The molecule has 0 spiro atoms. The van der Waals surface area contributed by atoms with Gasteiger partial charge in [0.2, 0.25) is 0 Å². The third kappa shape index (κ3) is 3.07. The minimum atomic E-state index is -4.41. The Morgan fingerprint density at radius 1 is 1.26 bits per heavy atom. The summed E-state index contributed by atoms with van der Waals surface area (Å²) in [6.45, 7) is 0.0946. The van der Waals surface area contributed by atoms with Crippen LogP contribution >= 0.6 is 0 Å². The topological polar surface area (TPSA) is 66.6 Å². The average Bonchev–Trinajstić information content (AvgIpc) is 3.15. The van der Waals surface area contributed by atoms with Gasteiger partial charge in [0.05, 0.1) is 17.7 Å². The molecule has 1 saturated heterocycles. The predicted octanol–water partition coefficient (Wildman–Crippen LogP) is 2.64. The van der Waals surface area contributed by atoms with Crippen molar-refractivity contribution in [1.29, 1.82) is 0 Å². The number of benzene rings is 1. The molecule has 0 unspecified atom stereocenters. The second kappa shape index (κ2) is 5.69. The number of halogens is 3. The van der Waals surface area contributed by atoms with E-state index in [1.54, 1.807) is 0 Å². The summed E-state index contributed by atoms with van der Waals surface area (Å²) in [7, 11) is 0. The Bertz CT molecular complexity index is 683. The van der Waals surface area contributed by atoms with E-state index in [2.05, 4.69) is 9.68 Å². The standard InChI is InChI=1S/C15H13F3N2O3/c16-15(17,18)10-3-1-9(2-4-10)13-7-11(21)8-20(13)14(22)12-5-6-23-19-12/h1-6,11,13,21H,7-8H2/t11-,13-/m0/s1. The summed E-state index contributed by atoms with van der Waals surface area (Å²) in [4.78, 5) is 13.8. The van der Waals surface area contributed by atoms with Crippen LogP contribution in [0.3, 0.4) is 0 Å². The predicted molar refractivity (Wildman–Crippen MR) is 72.3 cm³/mol. The lowest BCUT2D eigenvalue weighted by molar-refractivity contribution is -0.137. The molecule has 1 N–H and O–H groups in total. The summed E-state index contributed by atoms with van der Waals surface area (Å²) in [5.41, 5.74) is -0.128. The van der Waals surface area contributed by atoms with Crippen molar-refractivity contribution >= 4 is 5.91 Å². The smallest absolute Gasteiger partial charge is 0.391 e. The van der Waals surface area contributed by atoms with Crippen molar-refractivity contribution in [2.24, 2.45) is 0 Å². The number of hydrogen-bond donors (Lipinski definition) is 1. The first kappa shape index (κ1) is 15.5. The normalized spacial score (nSPS) is 21.7. The molecule has 122 valence electrons. The van der Waals surface area contributed by atoms with E-state index in [-0.39, 0.29) is 18.7 Å². The van der Waals surface area contributed by atoms with Crippen molar-refractivity contribution in [2.75, 3.05) is 6.54 Å². The van der Waals surface area contributed by atoms with Gasteiger partial charge in [-0.05, 0) is 24.1 Å². The molecule has 3 rings (SSSR count). The number of hydrogen-bond acceptors (Lipinski definition) is 4. The molecule has 1 aliphatic heterocycles. The molecule has 1 fully saturated rings. The monoisotopic (exact) mass is 326 g/mol. The van der Waals surface area contributed by atoms with Gasteiger partial charge in [0.1, 0.15) is 6.26 Å². The number of alkyl halides is 3. The average molecular weight is 326 g/mol. The molecule has 0 bridgehead atoms. The molecule has 0 radical (unpaired) electrons. The van der Waals surface area contributed by atoms with E-state index >= 15 is 0 Å². The summed E-state index contributed by atoms with van der Waals surface area (Å²) < 4.78 is 42.5. The second-order valence-electron chi connectivity index (χ2n) is 5.37. The molecule has 2 heterocycles. The number of rotatable bonds is 2. The number of nitrogens with zero attached hydrogens (tertiary/aromatic N) is 2. The van der Waals surface area contributed by atoms with Crippen LogP contribution in [-0.4, -0.2) is 33.7 Å². The van der Waals surface area contributed by atoms with E-state index in [4.69, 9.17) is 0 Å². The van der Waals surface area contributed by atoms with Gasteiger partial charge in [-0.15, -0.1) is 0 Å². The molecule has 23 heavy (non-hydrogen) atoms. The largest absolute Gasteiger partial charge is 0.416 e. The van der Waals surface area contributed by atoms with Crippen molar-refractivity contribution < 1.29 is 27.6 Å². The Kier molecular flexibility index (Phi) is 3.85. The molecule has 1 aromatic carbocycles. The highest BCUT2D eigenvalue weighted by Gasteiger charge is 2.37. The highest BCUT2D eigenvalue weighted by molar-refractivity contribution is 5.92. The third-order valence-electron chi connectivity index (χ3n) is 3.82. The Morgan fingerprint density at radius 3 is 2.52 bits per heavy atom. The van der Waals surface area contributed by atoms with Crippen molar-refractivity contribution in [2.45, 2.75) is 24.7 Å². The van der Waals surface area contributed by atoms with E-state index in [0.717, 1.165) is 12.1 Å². The number of carbonyl (C=O) groups is 1. The van der Waals surface area contributed by atoms with Gasteiger partial charge in [-0.1, -0.05) is 17.3 Å². The fourth-order valence-corrected chi connectivity index (χ4v) is 2.72. The van der Waals surface area contributed by atoms with Gasteiger partial charge in [-0.2, -0.15) is 13.2 Å². The molecular weight excluding hydrogens is 313 g/mol. The maximum atomic E-state index is 12.6. The van der Waals surface area contributed by atoms with Crippen molar-refractivity contribution in [1.82, 2.24) is 10.1 Å². The first-order valence-electron chi connectivity index (χ1n) is 6.93. The van der Waals surface area contributed by atoms with Crippen molar-refractivity contribution in [3.05, 3.63) is 53.4 Å². The van der Waals surface area contributed by atoms with Crippen LogP contribution in [0.15, 0.2) is 41.1 Å². The zero-order chi connectivity index (χ0) is 16.6. The first-order valence-corrected chi connectivity index (χ1v) is 6.93. The van der Waals surface area contributed by atoms with E-state index < -0.39 is 29.8 Å². The lowest BCUT2D eigenvalue weighted by Gasteiger charge is -2.24. The minimum absolute atomic E-state index is 0.0935. The molecular formula is C15H13F3N2O3. The van der Waals surface area contributed by atoms with Gasteiger partial charge in [0.25, 0.3) is 5.91 Å². The van der Waals surface area contributed by atoms with Gasteiger partial charge in [0.15, 0.2) is 5.69 Å². The summed E-state index contributed by atoms with van der Waals surface area (Å²) >= 11 is 0. The maximum absolute atomic E-state index is 12.6. The summed E-state index contributed by atoms with van der Waals surface area (Å²) in [5.74, 6) is -0.430. The van der Waals surface area contributed by atoms with E-state index in [1.165, 1.54) is 29.4 Å². The van der Waals surface area contributed by atoms with Gasteiger partial charge >= 0.3 is 6.18 Å². The van der Waals surface area contributed by atoms with Gasteiger partial charge < -0.3 is 14.5 Å². The molecule has 1 amide bonds. The van der Waals surface area contributed by atoms with E-state index in [0.29, 0.717) is 5.56 Å². The summed E-state index contributed by atoms with van der Waals surface area (Å²) in [6.07, 6.45) is -3.63. The molecule has 0 saturated carbocycles. The molecule has 2 aromatic rings. The number of β-amino-alcohol motifs (C(OH)–C–C–N with tert-alkyl or cyclic N) is 1. The van der Waals surface area contributed by atoms with Crippen LogP contribution in [-0.2, 0) is 6.18 Å². The molecule has 1 aromatic heterocycles. The number of likely N-dealkylation sites (tertiary alicyclic amines) is 1. The number of amides is 1. The first-order chi connectivity index (χ1) is 10.9. The Hall–Kier alpha value is -2.35. The zero-order valence-corrected chi connectivity index (χ0v) is 11.8. The maximum Gasteiger partial charge on any atom is 0.416 e. The quantitative estimate of drug-likeness (QED) is 0.921. The Morgan fingerprint density at radius 2 is 1.96 bits per heavy atom. The number of carbonyl (C=O) groups excluding carboxylic acids is 1. The number of aliphatic hydroxyl groups excluding tert-OH is 1. The fourth-order valence-electron chi connectivity index (χ4n) is 2.72. The number of aromatic nitrogens is 1. The molecule has 2 atom stereocenters. The van der Waals surface area contributed by atoms with Crippen LogP contribution in [0.5, 0.6) is 0 Å². The molecule has 0 aliphatic carbocycles. The van der Waals surface area contributed by atoms with E-state index in [9.17, 15) is 23.1 Å². The van der Waals surface area contributed by atoms with Gasteiger partial charge in [0, 0.05) is 12.6 Å². The zero-order valence-electron chi connectivity index (χ0n) is 11.8. The molecule has 5 nitrogen and oxygen atoms in total. The van der Waals surface area contributed by atoms with Crippen LogP contribution in [0.1, 0.15) is 34.1 Å². The van der Waals surface area contributed by atoms with Crippen LogP contribution in [0.2, 0.25) is 0 Å². The Labute approximate surface area is 129 Å². The van der Waals surface area contributed by atoms with Crippen molar-refractivity contribution in [3.63, 3.8) is 0 Å². The third-order valence-corrected chi connectivity index (χ3v) is 3.82. The number of aliphatic hydroxyl groups is 1. The molecule has 8 heteroatoms. The highest BCUT2D eigenvalue weighted by Crippen LogP contribution is 2.35. The molecule has 1 aliphatic rings. The van der Waals surface area contributed by atoms with Crippen LogP contribution in [0.25, 0.3) is 0 Å². The SMILES string of the molecule is O=C(c1ccon1)N1C[C@@H](O)C[C@H]1c1ccc(C(F)(F)F)cc1. The van der Waals surface area contributed by atoms with Gasteiger partial charge in [-0.25, -0.2) is 0 Å². The summed E-state index contributed by atoms with van der Waals surface area (Å²) in [6, 6.07) is 5.49. The van der Waals surface area contributed by atoms with E-state index in [1.807, 2.05) is 0 Å². The summed E-state index contributed by atoms with van der Waals surface area (Å²) in [5, 5.41) is 13.4. The Balaban J connectivity index is 1.86. The van der Waals surface area contributed by atoms with Crippen LogP contribution in [0.4, 0.5) is 13.2 Å². The van der Waals surface area contributed by atoms with Gasteiger partial charge in [-0.3, -0.25) is 4.79 Å². The van der Waals surface area contributed by atoms with Crippen molar-refractivity contribution in [3.8, 4) is 0 Å². The fraction of sp³-hybridized carbons (Fsp3) is 0.333.